The molecular weight excluding hydrogens is 208 g/mol. The first kappa shape index (κ1) is 15.7. The van der Waals surface area contributed by atoms with Gasteiger partial charge in [0.15, 0.2) is 0 Å². The molecule has 0 aromatic carbocycles. The number of carbonyl (C=O) groups is 1. The van der Waals surface area contributed by atoms with Crippen LogP contribution in [-0.4, -0.2) is 6.29 Å². The standard InChI is InChI=1S/C16H24O/c1-6-11-16(5,13-17)12-10-15(4)9-7-8-14(2)3/h6,8,11-13H,7,9H2,1-5H3/b11-6+. The van der Waals surface area contributed by atoms with Gasteiger partial charge in [-0.2, -0.15) is 0 Å². The minimum atomic E-state index is -0.521. The molecule has 0 saturated carbocycles. The number of rotatable bonds is 6. The third kappa shape index (κ3) is 7.54. The largest absolute Gasteiger partial charge is 0.302 e. The highest BCUT2D eigenvalue weighted by molar-refractivity contribution is 5.65. The minimum Gasteiger partial charge on any atom is -0.302 e. The van der Waals surface area contributed by atoms with Gasteiger partial charge in [-0.3, -0.25) is 0 Å². The second-order valence-corrected chi connectivity index (χ2v) is 4.87. The van der Waals surface area contributed by atoms with E-state index in [1.807, 2.05) is 32.1 Å². The van der Waals surface area contributed by atoms with Gasteiger partial charge in [-0.25, -0.2) is 0 Å². The number of allylic oxidation sites excluding steroid dienone is 5. The maximum atomic E-state index is 11.0. The van der Waals surface area contributed by atoms with Crippen LogP contribution in [0.2, 0.25) is 0 Å². The lowest BCUT2D eigenvalue weighted by molar-refractivity contribution is -0.111. The van der Waals surface area contributed by atoms with Crippen LogP contribution < -0.4 is 0 Å². The normalized spacial score (nSPS) is 13.7. The molecule has 0 bridgehead atoms. The van der Waals surface area contributed by atoms with E-state index in [-0.39, 0.29) is 0 Å². The molecule has 0 N–H and O–H groups in total. The van der Waals surface area contributed by atoms with Crippen LogP contribution in [0.5, 0.6) is 0 Å². The Bertz CT molecular complexity index is 361. The molecule has 0 aromatic rings. The maximum absolute atomic E-state index is 11.0. The summed E-state index contributed by atoms with van der Waals surface area (Å²) >= 11 is 0. The quantitative estimate of drug-likeness (QED) is 0.371. The van der Waals surface area contributed by atoms with Crippen molar-refractivity contribution in [1.29, 1.82) is 0 Å². The lowest BCUT2D eigenvalue weighted by atomic mass is 9.92. The van der Waals surface area contributed by atoms with Gasteiger partial charge in [-0.1, -0.05) is 23.8 Å². The van der Waals surface area contributed by atoms with Crippen molar-refractivity contribution in [3.05, 3.63) is 41.2 Å². The van der Waals surface area contributed by atoms with Gasteiger partial charge in [0.1, 0.15) is 6.29 Å². The summed E-state index contributed by atoms with van der Waals surface area (Å²) in [5, 5.41) is 0. The summed E-state index contributed by atoms with van der Waals surface area (Å²) in [6.45, 7) is 10.1. The Labute approximate surface area is 106 Å². The zero-order valence-corrected chi connectivity index (χ0v) is 11.7. The van der Waals surface area contributed by atoms with Gasteiger partial charge in [0, 0.05) is 0 Å². The predicted molar refractivity (Wildman–Crippen MR) is 74.9 cm³/mol. The van der Waals surface area contributed by atoms with Gasteiger partial charge in [0.2, 0.25) is 0 Å². The van der Waals surface area contributed by atoms with Gasteiger partial charge >= 0.3 is 0 Å². The fourth-order valence-electron chi connectivity index (χ4n) is 1.41. The van der Waals surface area contributed by atoms with Crippen LogP contribution >= 0.6 is 0 Å². The Morgan fingerprint density at radius 3 is 2.41 bits per heavy atom. The van der Waals surface area contributed by atoms with Crippen LogP contribution in [0, 0.1) is 5.41 Å². The van der Waals surface area contributed by atoms with E-state index in [1.54, 1.807) is 0 Å². The minimum absolute atomic E-state index is 0.521. The van der Waals surface area contributed by atoms with Crippen LogP contribution in [0.4, 0.5) is 0 Å². The van der Waals surface area contributed by atoms with Crippen molar-refractivity contribution >= 4 is 6.29 Å². The molecule has 0 aliphatic rings. The van der Waals surface area contributed by atoms with Crippen LogP contribution in [0.3, 0.4) is 0 Å². The van der Waals surface area contributed by atoms with Gasteiger partial charge < -0.3 is 4.79 Å². The first-order chi connectivity index (χ1) is 7.93. The van der Waals surface area contributed by atoms with Crippen LogP contribution in [-0.2, 0) is 4.79 Å². The van der Waals surface area contributed by atoms with Crippen molar-refractivity contribution in [2.45, 2.75) is 47.5 Å². The predicted octanol–water partition coefficient (Wildman–Crippen LogP) is 4.62. The molecule has 0 fully saturated rings. The summed E-state index contributed by atoms with van der Waals surface area (Å²) in [7, 11) is 0. The highest BCUT2D eigenvalue weighted by Crippen LogP contribution is 2.17. The second-order valence-electron chi connectivity index (χ2n) is 4.87. The molecule has 94 valence electrons. The molecule has 1 heteroatoms. The number of hydrogen-bond donors (Lipinski definition) is 0. The SMILES string of the molecule is C/C=C/C(C)(C=O)C=C=C(C)CCC=C(C)C. The number of hydrogen-bond acceptors (Lipinski definition) is 1. The Kier molecular flexibility index (Phi) is 7.25. The third-order valence-electron chi connectivity index (χ3n) is 2.48. The molecule has 0 aliphatic heterocycles. The zero-order valence-electron chi connectivity index (χ0n) is 11.7. The van der Waals surface area contributed by atoms with Crippen molar-refractivity contribution < 1.29 is 4.79 Å². The molecule has 1 atom stereocenters. The van der Waals surface area contributed by atoms with Crippen molar-refractivity contribution in [2.24, 2.45) is 5.41 Å². The monoisotopic (exact) mass is 232 g/mol. The van der Waals surface area contributed by atoms with E-state index in [1.165, 1.54) is 11.1 Å². The molecule has 1 unspecified atom stereocenters. The van der Waals surface area contributed by atoms with E-state index in [0.29, 0.717) is 0 Å². The highest BCUT2D eigenvalue weighted by atomic mass is 16.1. The van der Waals surface area contributed by atoms with E-state index >= 15 is 0 Å². The lowest BCUT2D eigenvalue weighted by Gasteiger charge is -2.10. The molecule has 0 rings (SSSR count). The molecule has 0 spiro atoms. The Hall–Kier alpha value is -1.33. The molecular formula is C16H24O. The Morgan fingerprint density at radius 2 is 1.94 bits per heavy atom. The number of carbonyl (C=O) groups excluding carboxylic acids is 1. The topological polar surface area (TPSA) is 17.1 Å². The lowest BCUT2D eigenvalue weighted by Crippen LogP contribution is -2.10. The van der Waals surface area contributed by atoms with Crippen molar-refractivity contribution in [3.63, 3.8) is 0 Å². The fourth-order valence-corrected chi connectivity index (χ4v) is 1.41. The Morgan fingerprint density at radius 1 is 1.29 bits per heavy atom. The first-order valence-electron chi connectivity index (χ1n) is 6.10. The van der Waals surface area contributed by atoms with Gasteiger partial charge in [0.05, 0.1) is 5.41 Å². The summed E-state index contributed by atoms with van der Waals surface area (Å²) in [4.78, 5) is 11.0. The highest BCUT2D eigenvalue weighted by Gasteiger charge is 2.14. The smallest absolute Gasteiger partial charge is 0.134 e. The molecule has 0 radical (unpaired) electrons. The molecule has 0 saturated heterocycles. The molecule has 0 aliphatic carbocycles. The average Bonchev–Trinajstić information content (AvgIpc) is 2.26. The molecule has 17 heavy (non-hydrogen) atoms. The molecule has 0 heterocycles. The second kappa shape index (κ2) is 7.86. The van der Waals surface area contributed by atoms with Gasteiger partial charge in [-0.15, -0.1) is 5.73 Å². The van der Waals surface area contributed by atoms with E-state index in [2.05, 4.69) is 32.6 Å². The van der Waals surface area contributed by atoms with Crippen molar-refractivity contribution in [1.82, 2.24) is 0 Å². The van der Waals surface area contributed by atoms with E-state index in [9.17, 15) is 4.79 Å². The summed E-state index contributed by atoms with van der Waals surface area (Å²) < 4.78 is 0. The van der Waals surface area contributed by atoms with Crippen LogP contribution in [0.15, 0.2) is 41.2 Å². The first-order valence-corrected chi connectivity index (χ1v) is 6.10. The summed E-state index contributed by atoms with van der Waals surface area (Å²) in [6.07, 6.45) is 10.8. The Balaban J connectivity index is 4.64. The van der Waals surface area contributed by atoms with E-state index in [4.69, 9.17) is 0 Å². The third-order valence-corrected chi connectivity index (χ3v) is 2.48. The average molecular weight is 232 g/mol. The van der Waals surface area contributed by atoms with Crippen molar-refractivity contribution in [2.75, 3.05) is 0 Å². The summed E-state index contributed by atoms with van der Waals surface area (Å²) in [6, 6.07) is 0. The van der Waals surface area contributed by atoms with Crippen LogP contribution in [0.25, 0.3) is 0 Å². The molecule has 0 amide bonds. The van der Waals surface area contributed by atoms with E-state index < -0.39 is 5.41 Å². The molecule has 1 nitrogen and oxygen atoms in total. The van der Waals surface area contributed by atoms with Gasteiger partial charge in [-0.05, 0) is 59.1 Å². The van der Waals surface area contributed by atoms with Gasteiger partial charge in [0.25, 0.3) is 0 Å². The fraction of sp³-hybridized carbons (Fsp3) is 0.500. The maximum Gasteiger partial charge on any atom is 0.134 e. The van der Waals surface area contributed by atoms with E-state index in [0.717, 1.165) is 19.1 Å². The molecule has 0 aromatic heterocycles. The number of aldehydes is 1. The summed E-state index contributed by atoms with van der Waals surface area (Å²) in [5.74, 6) is 0. The zero-order chi connectivity index (χ0) is 13.3. The summed E-state index contributed by atoms with van der Waals surface area (Å²) in [5.41, 5.74) is 5.21. The van der Waals surface area contributed by atoms with Crippen LogP contribution in [0.1, 0.15) is 47.5 Å². The van der Waals surface area contributed by atoms with Crippen molar-refractivity contribution in [3.8, 4) is 0 Å².